The van der Waals surface area contributed by atoms with Crippen LogP contribution in [-0.2, 0) is 9.59 Å². The summed E-state index contributed by atoms with van der Waals surface area (Å²) in [7, 11) is 0. The number of carbonyl (C=O) groups is 3. The number of carbonyl (C=O) groups excluding carboxylic acids is 2. The van der Waals surface area contributed by atoms with Gasteiger partial charge in [0, 0.05) is 17.2 Å². The van der Waals surface area contributed by atoms with Crippen LogP contribution in [0.5, 0.6) is 0 Å². The summed E-state index contributed by atoms with van der Waals surface area (Å²) in [5.41, 5.74) is -0.0378. The second-order valence-electron chi connectivity index (χ2n) is 4.87. The molecule has 0 aliphatic heterocycles. The van der Waals surface area contributed by atoms with Gasteiger partial charge in [0.25, 0.3) is 5.91 Å². The van der Waals surface area contributed by atoms with E-state index in [0.717, 1.165) is 19.3 Å². The highest BCUT2D eigenvalue weighted by atomic mass is 16.4. The Labute approximate surface area is 112 Å². The van der Waals surface area contributed by atoms with E-state index in [1.165, 1.54) is 13.8 Å². The van der Waals surface area contributed by atoms with Crippen molar-refractivity contribution in [2.75, 3.05) is 0 Å². The van der Waals surface area contributed by atoms with Crippen LogP contribution in [0.4, 0.5) is 4.79 Å². The van der Waals surface area contributed by atoms with Gasteiger partial charge in [0.15, 0.2) is 0 Å². The second-order valence-corrected chi connectivity index (χ2v) is 4.87. The smallest absolute Gasteiger partial charge is 0.331 e. The van der Waals surface area contributed by atoms with Gasteiger partial charge >= 0.3 is 12.0 Å². The van der Waals surface area contributed by atoms with E-state index < -0.39 is 17.9 Å². The highest BCUT2D eigenvalue weighted by molar-refractivity contribution is 6.07. The minimum absolute atomic E-state index is 0.0311. The molecule has 3 N–H and O–H groups in total. The maximum absolute atomic E-state index is 11.6. The van der Waals surface area contributed by atoms with Gasteiger partial charge in [0.05, 0.1) is 0 Å². The maximum Gasteiger partial charge on any atom is 0.331 e. The largest absolute Gasteiger partial charge is 0.478 e. The van der Waals surface area contributed by atoms with Crippen molar-refractivity contribution in [1.82, 2.24) is 10.6 Å². The first-order valence-electron chi connectivity index (χ1n) is 6.39. The zero-order valence-electron chi connectivity index (χ0n) is 11.4. The molecular weight excluding hydrogens is 248 g/mol. The summed E-state index contributed by atoms with van der Waals surface area (Å²) in [6.45, 7) is 4.79. The molecule has 6 heteroatoms. The van der Waals surface area contributed by atoms with E-state index in [1.54, 1.807) is 0 Å². The number of nitrogens with one attached hydrogen (secondary N) is 2. The average Bonchev–Trinajstić information content (AvgIpc) is 3.05. The standard InChI is InChI=1S/C13H20N2O4/c1-4-5-9-6-10(9)14-13(19)15-11(16)7(2)8(3)12(17)18/h9-10H,4-6H2,1-3H3,(H,17,18)(H2,14,15,16,19). The number of aliphatic carboxylic acids is 1. The molecule has 0 radical (unpaired) electrons. The predicted molar refractivity (Wildman–Crippen MR) is 69.5 cm³/mol. The molecule has 0 saturated heterocycles. The highest BCUT2D eigenvalue weighted by Gasteiger charge is 2.37. The second kappa shape index (κ2) is 6.36. The Bertz CT molecular complexity index is 428. The van der Waals surface area contributed by atoms with Gasteiger partial charge in [-0.3, -0.25) is 10.1 Å². The zero-order chi connectivity index (χ0) is 14.6. The van der Waals surface area contributed by atoms with E-state index in [2.05, 4.69) is 17.6 Å². The molecule has 0 bridgehead atoms. The summed E-state index contributed by atoms with van der Waals surface area (Å²) in [5.74, 6) is -1.34. The topological polar surface area (TPSA) is 95.5 Å². The van der Waals surface area contributed by atoms with Crippen LogP contribution in [0.2, 0.25) is 0 Å². The Balaban J connectivity index is 2.43. The fourth-order valence-corrected chi connectivity index (χ4v) is 1.85. The highest BCUT2D eigenvalue weighted by Crippen LogP contribution is 2.34. The van der Waals surface area contributed by atoms with Gasteiger partial charge < -0.3 is 10.4 Å². The summed E-state index contributed by atoms with van der Waals surface area (Å²) >= 11 is 0. The van der Waals surface area contributed by atoms with Crippen molar-refractivity contribution in [3.05, 3.63) is 11.1 Å². The molecule has 3 amide bonds. The molecular formula is C13H20N2O4. The first kappa shape index (κ1) is 15.2. The van der Waals surface area contributed by atoms with Crippen LogP contribution >= 0.6 is 0 Å². The molecule has 106 valence electrons. The van der Waals surface area contributed by atoms with E-state index in [9.17, 15) is 14.4 Å². The zero-order valence-corrected chi connectivity index (χ0v) is 11.4. The Morgan fingerprint density at radius 1 is 1.21 bits per heavy atom. The van der Waals surface area contributed by atoms with Crippen molar-refractivity contribution in [1.29, 1.82) is 0 Å². The molecule has 19 heavy (non-hydrogen) atoms. The molecule has 6 nitrogen and oxygen atoms in total. The Morgan fingerprint density at radius 2 is 1.84 bits per heavy atom. The van der Waals surface area contributed by atoms with E-state index in [0.29, 0.717) is 5.92 Å². The lowest BCUT2D eigenvalue weighted by Crippen LogP contribution is -2.41. The lowest BCUT2D eigenvalue weighted by molar-refractivity contribution is -0.133. The summed E-state index contributed by atoms with van der Waals surface area (Å²) < 4.78 is 0. The number of urea groups is 1. The van der Waals surface area contributed by atoms with Gasteiger partial charge in [-0.15, -0.1) is 0 Å². The van der Waals surface area contributed by atoms with Crippen molar-refractivity contribution < 1.29 is 19.5 Å². The molecule has 1 fully saturated rings. The molecule has 1 aliphatic carbocycles. The molecule has 1 saturated carbocycles. The number of rotatable bonds is 5. The monoisotopic (exact) mass is 268 g/mol. The van der Waals surface area contributed by atoms with Crippen LogP contribution in [-0.4, -0.2) is 29.1 Å². The van der Waals surface area contributed by atoms with E-state index in [4.69, 9.17) is 5.11 Å². The third-order valence-electron chi connectivity index (χ3n) is 3.35. The van der Waals surface area contributed by atoms with Gasteiger partial charge in [-0.1, -0.05) is 13.3 Å². The lowest BCUT2D eigenvalue weighted by atomic mass is 10.1. The fourth-order valence-electron chi connectivity index (χ4n) is 1.85. The van der Waals surface area contributed by atoms with E-state index in [-0.39, 0.29) is 17.2 Å². The molecule has 2 atom stereocenters. The number of imide groups is 1. The quantitative estimate of drug-likeness (QED) is 0.657. The summed E-state index contributed by atoms with van der Waals surface area (Å²) in [5, 5.41) is 13.6. The summed E-state index contributed by atoms with van der Waals surface area (Å²) in [6, 6.07) is -0.427. The minimum atomic E-state index is -1.17. The molecule has 0 aromatic rings. The summed E-state index contributed by atoms with van der Waals surface area (Å²) in [6.07, 6.45) is 3.08. The number of amides is 3. The fraction of sp³-hybridized carbons (Fsp3) is 0.615. The Hall–Kier alpha value is -1.85. The molecule has 0 aromatic heterocycles. The predicted octanol–water partition coefficient (Wildman–Crippen LogP) is 1.42. The van der Waals surface area contributed by atoms with E-state index >= 15 is 0 Å². The van der Waals surface area contributed by atoms with Gasteiger partial charge in [-0.2, -0.15) is 0 Å². The van der Waals surface area contributed by atoms with E-state index in [1.807, 2.05) is 0 Å². The van der Waals surface area contributed by atoms with Gasteiger partial charge in [0.2, 0.25) is 0 Å². The number of hydrogen-bond acceptors (Lipinski definition) is 3. The number of carboxylic acid groups (broad SMARTS) is 1. The number of hydrogen-bond donors (Lipinski definition) is 3. The number of carboxylic acids is 1. The first-order valence-corrected chi connectivity index (χ1v) is 6.39. The van der Waals surface area contributed by atoms with Crippen molar-refractivity contribution in [2.45, 2.75) is 46.1 Å². The Morgan fingerprint density at radius 3 is 2.37 bits per heavy atom. The van der Waals surface area contributed by atoms with Gasteiger partial charge in [0.1, 0.15) is 0 Å². The normalized spacial score (nSPS) is 22.3. The van der Waals surface area contributed by atoms with Crippen LogP contribution in [0.3, 0.4) is 0 Å². The molecule has 0 spiro atoms. The third-order valence-corrected chi connectivity index (χ3v) is 3.35. The van der Waals surface area contributed by atoms with Crippen LogP contribution in [0, 0.1) is 5.92 Å². The molecule has 0 aromatic carbocycles. The SMILES string of the molecule is CCCC1CC1NC(=O)NC(=O)C(C)=C(C)C(=O)O. The first-order chi connectivity index (χ1) is 8.86. The Kier molecular flexibility index (Phi) is 5.09. The van der Waals surface area contributed by atoms with Crippen LogP contribution in [0.15, 0.2) is 11.1 Å². The van der Waals surface area contributed by atoms with Crippen molar-refractivity contribution in [2.24, 2.45) is 5.92 Å². The third kappa shape index (κ3) is 4.39. The lowest BCUT2D eigenvalue weighted by Gasteiger charge is -2.07. The molecule has 2 unspecified atom stereocenters. The van der Waals surface area contributed by atoms with Crippen molar-refractivity contribution in [3.8, 4) is 0 Å². The van der Waals surface area contributed by atoms with Crippen molar-refractivity contribution in [3.63, 3.8) is 0 Å². The molecule has 1 rings (SSSR count). The molecule has 0 heterocycles. The minimum Gasteiger partial charge on any atom is -0.478 e. The van der Waals surface area contributed by atoms with Crippen LogP contribution < -0.4 is 10.6 Å². The van der Waals surface area contributed by atoms with Crippen LogP contribution in [0.1, 0.15) is 40.0 Å². The van der Waals surface area contributed by atoms with Crippen LogP contribution in [0.25, 0.3) is 0 Å². The van der Waals surface area contributed by atoms with Gasteiger partial charge in [-0.25, -0.2) is 9.59 Å². The van der Waals surface area contributed by atoms with Gasteiger partial charge in [-0.05, 0) is 32.6 Å². The summed E-state index contributed by atoms with van der Waals surface area (Å²) in [4.78, 5) is 33.8. The van der Waals surface area contributed by atoms with Crippen molar-refractivity contribution >= 4 is 17.9 Å². The average molecular weight is 268 g/mol. The molecule has 1 aliphatic rings. The maximum atomic E-state index is 11.6.